The summed E-state index contributed by atoms with van der Waals surface area (Å²) >= 11 is 0. The van der Waals surface area contributed by atoms with Gasteiger partial charge in [0.2, 0.25) is 0 Å². The highest BCUT2D eigenvalue weighted by atomic mass is 16.6. The third kappa shape index (κ3) is 2.35. The first-order valence-corrected chi connectivity index (χ1v) is 3.56. The molecule has 0 aromatic rings. The van der Waals surface area contributed by atoms with Crippen molar-refractivity contribution in [2.45, 2.75) is 25.9 Å². The Balaban J connectivity index is 0.000000108. The van der Waals surface area contributed by atoms with Crippen molar-refractivity contribution in [2.75, 3.05) is 13.2 Å². The van der Waals surface area contributed by atoms with Gasteiger partial charge in [-0.3, -0.25) is 4.79 Å². The lowest BCUT2D eigenvalue weighted by molar-refractivity contribution is -0.167. The van der Waals surface area contributed by atoms with Crippen molar-refractivity contribution >= 4 is 5.97 Å². The van der Waals surface area contributed by atoms with Gasteiger partial charge in [0.15, 0.2) is 0 Å². The maximum absolute atomic E-state index is 9.89. The second kappa shape index (κ2) is 3.56. The van der Waals surface area contributed by atoms with E-state index in [-0.39, 0.29) is 12.1 Å². The molecule has 0 spiro atoms. The van der Waals surface area contributed by atoms with Gasteiger partial charge in [0.25, 0.3) is 0 Å². The van der Waals surface area contributed by atoms with Crippen molar-refractivity contribution in [3.63, 3.8) is 0 Å². The van der Waals surface area contributed by atoms with Gasteiger partial charge in [-0.2, -0.15) is 0 Å². The largest absolute Gasteiger partial charge is 0.462 e. The Labute approximate surface area is 60.3 Å². The molecule has 0 aromatic heterocycles. The maximum Gasteiger partial charge on any atom is 0.309 e. The van der Waals surface area contributed by atoms with E-state index >= 15 is 0 Å². The highest BCUT2D eigenvalue weighted by Gasteiger charge is 2.22. The molecule has 2 aliphatic heterocycles. The van der Waals surface area contributed by atoms with Crippen molar-refractivity contribution in [3.8, 4) is 0 Å². The van der Waals surface area contributed by atoms with Gasteiger partial charge in [0.1, 0.15) is 6.10 Å². The summed E-state index contributed by atoms with van der Waals surface area (Å²) in [6.45, 7) is 3.88. The second-order valence-electron chi connectivity index (χ2n) is 2.47. The van der Waals surface area contributed by atoms with Gasteiger partial charge in [-0.15, -0.1) is 0 Å². The molecule has 0 bridgehead atoms. The number of hydrogen-bond acceptors (Lipinski definition) is 3. The molecule has 10 heavy (non-hydrogen) atoms. The number of esters is 1. The van der Waals surface area contributed by atoms with Crippen LogP contribution in [0, 0.1) is 0 Å². The normalized spacial score (nSPS) is 28.5. The van der Waals surface area contributed by atoms with Gasteiger partial charge in [-0.05, 0) is 13.3 Å². The lowest BCUT2D eigenvalue weighted by Gasteiger charge is -2.20. The van der Waals surface area contributed by atoms with E-state index in [1.807, 2.05) is 6.92 Å². The number of carbonyl (C=O) groups excluding carboxylic acids is 1. The number of cyclic esters (lactones) is 1. The van der Waals surface area contributed by atoms with Crippen molar-refractivity contribution in [2.24, 2.45) is 0 Å². The minimum Gasteiger partial charge on any atom is -0.462 e. The highest BCUT2D eigenvalue weighted by molar-refractivity contribution is 5.74. The molecule has 2 rings (SSSR count). The van der Waals surface area contributed by atoms with Crippen LogP contribution in [0.5, 0.6) is 0 Å². The topological polar surface area (TPSA) is 35.5 Å². The summed E-state index contributed by atoms with van der Waals surface area (Å²) in [4.78, 5) is 9.89. The Kier molecular flexibility index (Phi) is 2.68. The molecule has 3 heteroatoms. The van der Waals surface area contributed by atoms with Crippen molar-refractivity contribution in [3.05, 3.63) is 0 Å². The predicted molar refractivity (Wildman–Crippen MR) is 35.6 cm³/mol. The van der Waals surface area contributed by atoms with E-state index in [0.29, 0.717) is 6.42 Å². The van der Waals surface area contributed by atoms with Crippen LogP contribution in [0.3, 0.4) is 0 Å². The average Bonchev–Trinajstić information content (AvgIpc) is 1.56. The molecule has 0 amide bonds. The highest BCUT2D eigenvalue weighted by Crippen LogP contribution is 2.10. The van der Waals surface area contributed by atoms with E-state index in [0.717, 1.165) is 13.2 Å². The molecule has 3 nitrogen and oxygen atoms in total. The minimum absolute atomic E-state index is 0.0671. The lowest BCUT2D eigenvalue weighted by Crippen LogP contribution is -2.29. The Morgan fingerprint density at radius 3 is 1.90 bits per heavy atom. The summed E-state index contributed by atoms with van der Waals surface area (Å²) in [6, 6.07) is 0. The van der Waals surface area contributed by atoms with Crippen LogP contribution in [0.2, 0.25) is 0 Å². The van der Waals surface area contributed by atoms with E-state index in [2.05, 4.69) is 4.74 Å². The van der Waals surface area contributed by atoms with Crippen LogP contribution in [0.4, 0.5) is 0 Å². The monoisotopic (exact) mass is 144 g/mol. The molecule has 0 saturated carbocycles. The molecule has 58 valence electrons. The van der Waals surface area contributed by atoms with E-state index in [1.54, 1.807) is 0 Å². The molecule has 0 aliphatic carbocycles. The molecule has 0 N–H and O–H groups in total. The summed E-state index contributed by atoms with van der Waals surface area (Å²) < 4.78 is 9.22. The van der Waals surface area contributed by atoms with Crippen molar-refractivity contribution in [1.29, 1.82) is 0 Å². The second-order valence-corrected chi connectivity index (χ2v) is 2.47. The van der Waals surface area contributed by atoms with Gasteiger partial charge in [0.05, 0.1) is 6.42 Å². The van der Waals surface area contributed by atoms with Crippen LogP contribution in [-0.4, -0.2) is 25.3 Å². The molecular formula is C7H12O3. The van der Waals surface area contributed by atoms with E-state index in [1.165, 1.54) is 6.42 Å². The zero-order chi connectivity index (χ0) is 7.40. The molecular weight excluding hydrogens is 132 g/mol. The lowest BCUT2D eigenvalue weighted by atomic mass is 10.2. The van der Waals surface area contributed by atoms with Crippen LogP contribution in [0.15, 0.2) is 0 Å². The summed E-state index contributed by atoms with van der Waals surface area (Å²) in [7, 11) is 0. The fraction of sp³-hybridized carbons (Fsp3) is 0.857. The third-order valence-corrected chi connectivity index (χ3v) is 1.36. The third-order valence-electron chi connectivity index (χ3n) is 1.36. The molecule has 1 unspecified atom stereocenters. The fourth-order valence-electron chi connectivity index (χ4n) is 0.594. The number of ether oxygens (including phenoxy) is 2. The zero-order valence-corrected chi connectivity index (χ0v) is 6.13. The van der Waals surface area contributed by atoms with Gasteiger partial charge in [0, 0.05) is 13.2 Å². The van der Waals surface area contributed by atoms with Crippen LogP contribution in [-0.2, 0) is 14.3 Å². The van der Waals surface area contributed by atoms with E-state index in [9.17, 15) is 4.79 Å². The standard InChI is InChI=1S/C4H6O2.C3H6O/c1-3-2-4(5)6-3;1-2-4-3-1/h3H,2H2,1H3;1-3H2. The van der Waals surface area contributed by atoms with Crippen LogP contribution < -0.4 is 0 Å². The van der Waals surface area contributed by atoms with E-state index < -0.39 is 0 Å². The predicted octanol–water partition coefficient (Wildman–Crippen LogP) is 0.728. The molecule has 1 atom stereocenters. The van der Waals surface area contributed by atoms with Gasteiger partial charge in [-0.25, -0.2) is 0 Å². The first-order chi connectivity index (χ1) is 4.79. The van der Waals surface area contributed by atoms with Crippen LogP contribution in [0.1, 0.15) is 19.8 Å². The molecule has 2 aliphatic rings. The van der Waals surface area contributed by atoms with Crippen molar-refractivity contribution < 1.29 is 14.3 Å². The van der Waals surface area contributed by atoms with Crippen LogP contribution in [0.25, 0.3) is 0 Å². The van der Waals surface area contributed by atoms with Gasteiger partial charge < -0.3 is 9.47 Å². The first-order valence-electron chi connectivity index (χ1n) is 3.56. The number of hydrogen-bond donors (Lipinski definition) is 0. The zero-order valence-electron chi connectivity index (χ0n) is 6.13. The van der Waals surface area contributed by atoms with Gasteiger partial charge in [-0.1, -0.05) is 0 Å². The average molecular weight is 144 g/mol. The Hall–Kier alpha value is -0.570. The van der Waals surface area contributed by atoms with Crippen molar-refractivity contribution in [1.82, 2.24) is 0 Å². The van der Waals surface area contributed by atoms with Gasteiger partial charge >= 0.3 is 5.97 Å². The molecule has 2 heterocycles. The molecule has 0 radical (unpaired) electrons. The Bertz CT molecular complexity index is 106. The number of rotatable bonds is 0. The van der Waals surface area contributed by atoms with Crippen LogP contribution >= 0.6 is 0 Å². The molecule has 2 fully saturated rings. The van der Waals surface area contributed by atoms with E-state index in [4.69, 9.17) is 4.74 Å². The SMILES string of the molecule is C1COC1.CC1CC(=O)O1. The quantitative estimate of drug-likeness (QED) is 0.470. The first kappa shape index (κ1) is 7.54. The minimum atomic E-state index is -0.0671. The Morgan fingerprint density at radius 2 is 1.90 bits per heavy atom. The summed E-state index contributed by atoms with van der Waals surface area (Å²) in [5, 5.41) is 0. The number of carbonyl (C=O) groups is 1. The summed E-state index contributed by atoms with van der Waals surface area (Å²) in [5.41, 5.74) is 0. The smallest absolute Gasteiger partial charge is 0.309 e. The maximum atomic E-state index is 9.89. The summed E-state index contributed by atoms with van der Waals surface area (Å²) in [6.07, 6.45) is 2.08. The Morgan fingerprint density at radius 1 is 1.50 bits per heavy atom. The summed E-state index contributed by atoms with van der Waals surface area (Å²) in [5.74, 6) is -0.0671. The molecule has 2 saturated heterocycles. The fourth-order valence-corrected chi connectivity index (χ4v) is 0.594. The molecule has 0 aromatic carbocycles.